The molecule has 10 nitrogen and oxygen atoms in total. The van der Waals surface area contributed by atoms with Crippen LogP contribution < -0.4 is 0 Å². The molecule has 0 aliphatic heterocycles. The summed E-state index contributed by atoms with van der Waals surface area (Å²) in [7, 11) is 1.62. The number of carbonyl (C=O) groups is 4. The molecular weight excluding hydrogens is 1090 g/mol. The van der Waals surface area contributed by atoms with E-state index in [1.807, 2.05) is 80.6 Å². The second-order valence-corrected chi connectivity index (χ2v) is 31.5. The summed E-state index contributed by atoms with van der Waals surface area (Å²) in [5.41, 5.74) is 5.95. The highest BCUT2D eigenvalue weighted by molar-refractivity contribution is 6.10. The van der Waals surface area contributed by atoms with Crippen molar-refractivity contribution in [2.75, 3.05) is 13.7 Å². The molecule has 10 aliphatic rings. The summed E-state index contributed by atoms with van der Waals surface area (Å²) in [5.74, 6) is 0.239. The molecule has 0 heterocycles. The summed E-state index contributed by atoms with van der Waals surface area (Å²) in [5, 5.41) is 29.4. The Morgan fingerprint density at radius 2 is 0.920 bits per heavy atom. The van der Waals surface area contributed by atoms with Gasteiger partial charge in [0.1, 0.15) is 18.8 Å². The van der Waals surface area contributed by atoms with Gasteiger partial charge in [0.2, 0.25) is 0 Å². The second kappa shape index (κ2) is 21.6. The number of esters is 2. The van der Waals surface area contributed by atoms with Crippen LogP contribution >= 0.6 is 0 Å². The molecule has 2 aromatic rings. The van der Waals surface area contributed by atoms with Crippen LogP contribution in [-0.2, 0) is 46.6 Å². The highest BCUT2D eigenvalue weighted by Gasteiger charge is 2.70. The number of ketones is 2. The SMILES string of the molecule is CO[C@@]1(C)C2=CC=C3[C@@](C)(CC[C@@]4(C)[C@@H]5C[C@](C)(C(=O)OCc6ccccc6)CC[C@]5(C)CC[C@]34C)C2=CC(=O)/C1=C/C#N.C[C@@]1(C(=O)OCc2ccccc2)CC[C@]2(C)CC[C@]3(C)C4=CC=C5C(=CC(=O)/C(=C\C#N)[C@@]5(C)CO)[C@]4(C)CC[C@@]3(C)[C@@H]2C1. The number of rotatable bonds is 8. The van der Waals surface area contributed by atoms with Gasteiger partial charge in [0.05, 0.1) is 29.6 Å². The Balaban J connectivity index is 0.000000182. The largest absolute Gasteiger partial charge is 0.460 e. The molecule has 0 bridgehead atoms. The number of aliphatic hydroxyl groups excluding tert-OH is 1. The third-order valence-corrected chi connectivity index (χ3v) is 27.1. The van der Waals surface area contributed by atoms with Crippen LogP contribution in [0.2, 0.25) is 0 Å². The van der Waals surface area contributed by atoms with Gasteiger partial charge in [-0.15, -0.1) is 0 Å². The fourth-order valence-corrected chi connectivity index (χ4v) is 20.5. The van der Waals surface area contributed by atoms with Gasteiger partial charge in [0, 0.05) is 46.7 Å². The second-order valence-electron chi connectivity index (χ2n) is 31.5. The molecule has 1 N–H and O–H groups in total. The van der Waals surface area contributed by atoms with E-state index in [1.165, 1.54) is 23.3 Å². The van der Waals surface area contributed by atoms with Gasteiger partial charge < -0.3 is 19.3 Å². The van der Waals surface area contributed by atoms with E-state index in [2.05, 4.69) is 99.6 Å². The molecule has 14 atom stereocenters. The zero-order valence-corrected chi connectivity index (χ0v) is 54.8. The Morgan fingerprint density at radius 3 is 1.34 bits per heavy atom. The fraction of sp³-hybridized carbons (Fsp3) is 0.564. The van der Waals surface area contributed by atoms with Crippen LogP contribution in [0.15, 0.2) is 154 Å². The maximum atomic E-state index is 13.7. The lowest BCUT2D eigenvalue weighted by Gasteiger charge is -2.70. The quantitative estimate of drug-likeness (QED) is 0.153. The molecular formula is C78H94N2O8. The average molecular weight is 1190 g/mol. The molecule has 0 unspecified atom stereocenters. The number of nitriles is 2. The lowest BCUT2D eigenvalue weighted by molar-refractivity contribution is -0.183. The maximum Gasteiger partial charge on any atom is 0.312 e. The molecule has 6 saturated carbocycles. The molecule has 0 aromatic heterocycles. The van der Waals surface area contributed by atoms with Gasteiger partial charge in [-0.2, -0.15) is 10.5 Å². The Hall–Kier alpha value is -6.46. The topological polar surface area (TPSA) is 164 Å². The summed E-state index contributed by atoms with van der Waals surface area (Å²) >= 11 is 0. The Morgan fingerprint density at radius 1 is 0.523 bits per heavy atom. The smallest absolute Gasteiger partial charge is 0.312 e. The van der Waals surface area contributed by atoms with E-state index in [4.69, 9.17) is 14.2 Å². The number of hydrogen-bond acceptors (Lipinski definition) is 10. The third kappa shape index (κ3) is 9.15. The Bertz CT molecular complexity index is 3390. The first-order chi connectivity index (χ1) is 41.4. The summed E-state index contributed by atoms with van der Waals surface area (Å²) in [6.45, 7) is 27.8. The van der Waals surface area contributed by atoms with Gasteiger partial charge >= 0.3 is 11.9 Å². The van der Waals surface area contributed by atoms with Gasteiger partial charge in [0.25, 0.3) is 0 Å². The minimum Gasteiger partial charge on any atom is -0.460 e. The first kappa shape index (κ1) is 63.1. The average Bonchev–Trinajstić information content (AvgIpc) is 0.692. The fourth-order valence-electron chi connectivity index (χ4n) is 20.5. The molecule has 12 rings (SSSR count). The molecule has 0 spiro atoms. The van der Waals surface area contributed by atoms with Gasteiger partial charge in [-0.1, -0.05) is 152 Å². The Labute approximate surface area is 524 Å². The molecule has 6 fully saturated rings. The van der Waals surface area contributed by atoms with Crippen LogP contribution in [0.3, 0.4) is 0 Å². The van der Waals surface area contributed by atoms with Crippen molar-refractivity contribution in [1.29, 1.82) is 10.5 Å². The number of fused-ring (bicyclic) bond motifs is 14. The van der Waals surface area contributed by atoms with Gasteiger partial charge in [-0.05, 0) is 207 Å². The van der Waals surface area contributed by atoms with E-state index < -0.39 is 21.8 Å². The van der Waals surface area contributed by atoms with Crippen LogP contribution in [-0.4, -0.2) is 47.9 Å². The number of carbonyl (C=O) groups excluding carboxylic acids is 4. The molecule has 10 heteroatoms. The standard InChI is InChI=1S/2C39H47NO4/c1-34-16-17-35(2,33(42)44-25-26-11-9-8-10-12-26)24-32(34)38(5)21-19-36(3)29-23-30(41)28(15-22-40)39(6,43-7)27(29)13-14-31(36)37(38,4)20-18-34;1-34-15-16-35(2,33(43)44-24-26-10-8-7-9-11-26)23-32(34)39(6)20-18-36(3)29-22-30(42)28(14-21-40)37(4,25-41)27(29)12-13-31(36)38(39,5)19-17-34/h8-15,23,32H,16-21,24-25H2,1-7H3;7-14,22,32,41H,15-20,23-25H2,1-6H3/b28-15-;28-14+/t32-,34-,35-,36+,37-,38+,39+;32-,34-,35-,36+,37+,38-,39+/m11/s1. The van der Waals surface area contributed by atoms with E-state index in [-0.39, 0.29) is 73.4 Å². The maximum absolute atomic E-state index is 13.7. The van der Waals surface area contributed by atoms with Crippen molar-refractivity contribution in [3.05, 3.63) is 165 Å². The number of hydrogen-bond donors (Lipinski definition) is 1. The highest BCUT2D eigenvalue weighted by Crippen LogP contribution is 2.78. The van der Waals surface area contributed by atoms with Crippen LogP contribution in [0.1, 0.15) is 184 Å². The highest BCUT2D eigenvalue weighted by atomic mass is 16.5. The molecule has 10 aliphatic carbocycles. The van der Waals surface area contributed by atoms with E-state index >= 15 is 0 Å². The predicted molar refractivity (Wildman–Crippen MR) is 342 cm³/mol. The molecule has 464 valence electrons. The normalized spacial score (nSPS) is 42.0. The third-order valence-electron chi connectivity index (χ3n) is 27.1. The summed E-state index contributed by atoms with van der Waals surface area (Å²) in [6, 6.07) is 23.9. The summed E-state index contributed by atoms with van der Waals surface area (Å²) < 4.78 is 17.9. The van der Waals surface area contributed by atoms with E-state index in [0.29, 0.717) is 36.2 Å². The zero-order valence-electron chi connectivity index (χ0n) is 54.8. The van der Waals surface area contributed by atoms with Crippen molar-refractivity contribution in [2.45, 2.75) is 192 Å². The van der Waals surface area contributed by atoms with Crippen LogP contribution in [0.4, 0.5) is 0 Å². The first-order valence-electron chi connectivity index (χ1n) is 32.6. The lowest BCUT2D eigenvalue weighted by Crippen LogP contribution is -2.62. The molecule has 0 radical (unpaired) electrons. The molecule has 0 amide bonds. The lowest BCUT2D eigenvalue weighted by atomic mass is 9.34. The first-order valence-corrected chi connectivity index (χ1v) is 32.6. The number of benzene rings is 2. The minimum absolute atomic E-state index is 0.0201. The van der Waals surface area contributed by atoms with Crippen molar-refractivity contribution in [3.8, 4) is 12.1 Å². The van der Waals surface area contributed by atoms with Crippen molar-refractivity contribution >= 4 is 23.5 Å². The van der Waals surface area contributed by atoms with Crippen molar-refractivity contribution in [1.82, 2.24) is 0 Å². The number of ether oxygens (including phenoxy) is 3. The van der Waals surface area contributed by atoms with Crippen molar-refractivity contribution < 1.29 is 38.5 Å². The minimum atomic E-state index is -0.972. The van der Waals surface area contributed by atoms with Crippen molar-refractivity contribution in [3.63, 3.8) is 0 Å². The zero-order chi connectivity index (χ0) is 63.5. The number of methoxy groups -OCH3 is 1. The monoisotopic (exact) mass is 1190 g/mol. The van der Waals surface area contributed by atoms with Gasteiger partial charge in [0.15, 0.2) is 11.6 Å². The number of aliphatic hydroxyl groups is 1. The predicted octanol–water partition coefficient (Wildman–Crippen LogP) is 16.4. The van der Waals surface area contributed by atoms with E-state index in [1.54, 1.807) is 19.3 Å². The van der Waals surface area contributed by atoms with Crippen LogP contribution in [0.25, 0.3) is 0 Å². The van der Waals surface area contributed by atoms with Gasteiger partial charge in [-0.25, -0.2) is 0 Å². The molecule has 0 saturated heterocycles. The van der Waals surface area contributed by atoms with Crippen LogP contribution in [0.5, 0.6) is 0 Å². The number of allylic oxidation sites excluding steroid dienone is 11. The van der Waals surface area contributed by atoms with E-state index in [0.717, 1.165) is 123 Å². The Kier molecular flexibility index (Phi) is 15.5. The van der Waals surface area contributed by atoms with Crippen LogP contribution in [0, 0.1) is 94.1 Å². The summed E-state index contributed by atoms with van der Waals surface area (Å²) in [6.07, 6.45) is 28.6. The van der Waals surface area contributed by atoms with Crippen molar-refractivity contribution in [2.24, 2.45) is 71.4 Å². The van der Waals surface area contributed by atoms with Gasteiger partial charge in [-0.3, -0.25) is 19.2 Å². The summed E-state index contributed by atoms with van der Waals surface area (Å²) in [4.78, 5) is 54.4. The molecule has 2 aromatic carbocycles. The van der Waals surface area contributed by atoms with E-state index in [9.17, 15) is 34.8 Å². The number of nitrogens with zero attached hydrogens (tertiary/aromatic N) is 2. The molecule has 88 heavy (non-hydrogen) atoms.